The number of furan rings is 2. The summed E-state index contributed by atoms with van der Waals surface area (Å²) < 4.78 is 13.8. The average Bonchev–Trinajstić information content (AvgIpc) is 3.84. The van der Waals surface area contributed by atoms with E-state index >= 15 is 0 Å². The average molecular weight is 692 g/mol. The summed E-state index contributed by atoms with van der Waals surface area (Å²) in [4.78, 5) is 15.2. The van der Waals surface area contributed by atoms with Crippen LogP contribution in [-0.2, 0) is 0 Å². The highest BCUT2D eigenvalue weighted by Gasteiger charge is 2.26. The Morgan fingerprint density at radius 1 is 0.352 bits per heavy atom. The van der Waals surface area contributed by atoms with E-state index in [0.717, 1.165) is 105 Å². The van der Waals surface area contributed by atoms with Crippen LogP contribution in [0.3, 0.4) is 0 Å². The van der Waals surface area contributed by atoms with Crippen molar-refractivity contribution in [2.24, 2.45) is 0 Å². The highest BCUT2D eigenvalue weighted by atomic mass is 16.3. The lowest BCUT2D eigenvalue weighted by Crippen LogP contribution is -1.95. The van der Waals surface area contributed by atoms with Crippen molar-refractivity contribution in [2.75, 3.05) is 0 Å². The smallest absolute Gasteiger partial charge is 0.162 e. The summed E-state index contributed by atoms with van der Waals surface area (Å²) in [6, 6.07) is 60.0. The molecule has 54 heavy (non-hydrogen) atoms. The van der Waals surface area contributed by atoms with E-state index in [1.54, 1.807) is 0 Å². The summed E-state index contributed by atoms with van der Waals surface area (Å²) in [5.74, 6) is 1.44. The standard InChI is InChI=1S/C49H29N3O2/c1-3-14-30(15-4-1)45-48-42(36-19-7-10-23-39(36)50-45)43(38-22-13-21-35-34-18-9-12-25-41(34)53-47(35)38)46(54-48)32-28-26-31(27-29-32)44-37-20-8-11-24-40(37)51-49(52-44)33-16-5-2-6-17-33/h1-29H. The second-order valence-corrected chi connectivity index (χ2v) is 13.5. The number of hydrogen-bond donors (Lipinski definition) is 0. The minimum Gasteiger partial charge on any atom is -0.455 e. The third kappa shape index (κ3) is 4.76. The number of hydrogen-bond acceptors (Lipinski definition) is 5. The molecule has 252 valence electrons. The summed E-state index contributed by atoms with van der Waals surface area (Å²) >= 11 is 0. The second-order valence-electron chi connectivity index (χ2n) is 13.5. The van der Waals surface area contributed by atoms with E-state index in [0.29, 0.717) is 5.82 Å². The Bertz CT molecular complexity index is 3200. The molecule has 7 aromatic carbocycles. The maximum absolute atomic E-state index is 7.12. The van der Waals surface area contributed by atoms with Crippen molar-refractivity contribution in [1.29, 1.82) is 0 Å². The summed E-state index contributed by atoms with van der Waals surface area (Å²) in [7, 11) is 0. The number of para-hydroxylation sites is 4. The van der Waals surface area contributed by atoms with Crippen molar-refractivity contribution in [3.63, 3.8) is 0 Å². The van der Waals surface area contributed by atoms with Gasteiger partial charge >= 0.3 is 0 Å². The molecular weight excluding hydrogens is 663 g/mol. The van der Waals surface area contributed by atoms with Crippen molar-refractivity contribution < 1.29 is 8.83 Å². The Labute approximate surface area is 309 Å². The van der Waals surface area contributed by atoms with Crippen LogP contribution >= 0.6 is 0 Å². The highest BCUT2D eigenvalue weighted by molar-refractivity contribution is 6.21. The monoisotopic (exact) mass is 691 g/mol. The number of fused-ring (bicyclic) bond motifs is 7. The molecule has 0 spiro atoms. The van der Waals surface area contributed by atoms with Gasteiger partial charge in [0.1, 0.15) is 22.6 Å². The van der Waals surface area contributed by atoms with E-state index in [9.17, 15) is 0 Å². The topological polar surface area (TPSA) is 65.0 Å². The SMILES string of the molecule is c1ccc(-c2nc(-c3ccc(-c4oc5c(-c6ccccc6)nc6ccccc6c5c4-c4cccc5c4oc4ccccc45)cc3)c3ccccc3n2)cc1. The van der Waals surface area contributed by atoms with E-state index in [1.807, 2.05) is 84.9 Å². The van der Waals surface area contributed by atoms with Gasteiger partial charge in [0.25, 0.3) is 0 Å². The zero-order valence-corrected chi connectivity index (χ0v) is 28.9. The largest absolute Gasteiger partial charge is 0.455 e. The van der Waals surface area contributed by atoms with Crippen LogP contribution in [0, 0.1) is 0 Å². The van der Waals surface area contributed by atoms with Crippen molar-refractivity contribution in [1.82, 2.24) is 15.0 Å². The zero-order chi connectivity index (χ0) is 35.6. The molecule has 0 fully saturated rings. The van der Waals surface area contributed by atoms with Gasteiger partial charge in [0.15, 0.2) is 11.4 Å². The van der Waals surface area contributed by atoms with Gasteiger partial charge in [0, 0.05) is 60.3 Å². The van der Waals surface area contributed by atoms with Crippen LogP contribution in [0.1, 0.15) is 0 Å². The third-order valence-electron chi connectivity index (χ3n) is 10.3. The minimum absolute atomic E-state index is 0.694. The molecule has 4 heterocycles. The summed E-state index contributed by atoms with van der Waals surface area (Å²) in [5, 5.41) is 5.15. The van der Waals surface area contributed by atoms with E-state index in [2.05, 4.69) is 91.0 Å². The van der Waals surface area contributed by atoms with Crippen LogP contribution in [0.5, 0.6) is 0 Å². The first kappa shape index (κ1) is 30.3. The molecule has 0 radical (unpaired) electrons. The predicted molar refractivity (Wildman–Crippen MR) is 219 cm³/mol. The van der Waals surface area contributed by atoms with Crippen molar-refractivity contribution >= 4 is 54.7 Å². The van der Waals surface area contributed by atoms with Gasteiger partial charge in [0.2, 0.25) is 0 Å². The van der Waals surface area contributed by atoms with Crippen LogP contribution in [0.15, 0.2) is 185 Å². The molecular formula is C49H29N3O2. The van der Waals surface area contributed by atoms with Gasteiger partial charge in [-0.05, 0) is 18.2 Å². The molecule has 5 heteroatoms. The molecule has 0 bridgehead atoms. The van der Waals surface area contributed by atoms with Gasteiger partial charge < -0.3 is 8.83 Å². The molecule has 0 atom stereocenters. The Kier molecular flexibility index (Phi) is 6.79. The van der Waals surface area contributed by atoms with Gasteiger partial charge in [0.05, 0.1) is 16.7 Å². The molecule has 11 aromatic rings. The first-order valence-electron chi connectivity index (χ1n) is 18.0. The fourth-order valence-electron chi connectivity index (χ4n) is 7.80. The number of nitrogens with zero attached hydrogens (tertiary/aromatic N) is 3. The van der Waals surface area contributed by atoms with E-state index in [1.165, 1.54) is 0 Å². The quantitative estimate of drug-likeness (QED) is 0.180. The Morgan fingerprint density at radius 3 is 1.72 bits per heavy atom. The lowest BCUT2D eigenvalue weighted by Gasteiger charge is -2.10. The van der Waals surface area contributed by atoms with Crippen molar-refractivity contribution in [3.05, 3.63) is 176 Å². The second kappa shape index (κ2) is 12.1. The van der Waals surface area contributed by atoms with Gasteiger partial charge in [-0.15, -0.1) is 0 Å². The molecule has 11 rings (SSSR count). The number of pyridine rings is 1. The van der Waals surface area contributed by atoms with Crippen LogP contribution in [0.2, 0.25) is 0 Å². The van der Waals surface area contributed by atoms with Gasteiger partial charge in [-0.25, -0.2) is 15.0 Å². The normalized spacial score (nSPS) is 11.7. The predicted octanol–water partition coefficient (Wildman–Crippen LogP) is 13.2. The van der Waals surface area contributed by atoms with Gasteiger partial charge in [-0.1, -0.05) is 158 Å². The fourth-order valence-corrected chi connectivity index (χ4v) is 7.80. The van der Waals surface area contributed by atoms with Crippen LogP contribution < -0.4 is 0 Å². The lowest BCUT2D eigenvalue weighted by molar-refractivity contribution is 0.632. The molecule has 0 aliphatic carbocycles. The van der Waals surface area contributed by atoms with E-state index in [-0.39, 0.29) is 0 Å². The maximum Gasteiger partial charge on any atom is 0.162 e. The molecule has 0 saturated heterocycles. The van der Waals surface area contributed by atoms with Crippen LogP contribution in [0.4, 0.5) is 0 Å². The van der Waals surface area contributed by atoms with Crippen LogP contribution in [0.25, 0.3) is 111 Å². The Morgan fingerprint density at radius 2 is 0.944 bits per heavy atom. The summed E-state index contributed by atoms with van der Waals surface area (Å²) in [6.45, 7) is 0. The van der Waals surface area contributed by atoms with Gasteiger partial charge in [-0.2, -0.15) is 0 Å². The molecule has 0 aliphatic heterocycles. The van der Waals surface area contributed by atoms with Crippen molar-refractivity contribution in [2.45, 2.75) is 0 Å². The molecule has 0 aliphatic rings. The molecule has 0 N–H and O–H groups in total. The van der Waals surface area contributed by atoms with Crippen molar-refractivity contribution in [3.8, 4) is 56.4 Å². The van der Waals surface area contributed by atoms with Crippen LogP contribution in [-0.4, -0.2) is 15.0 Å². The molecule has 4 aromatic heterocycles. The first-order valence-corrected chi connectivity index (χ1v) is 18.0. The maximum atomic E-state index is 7.12. The zero-order valence-electron chi connectivity index (χ0n) is 28.9. The summed E-state index contributed by atoms with van der Waals surface area (Å²) in [5.41, 5.74) is 11.7. The first-order chi connectivity index (χ1) is 26.8. The van der Waals surface area contributed by atoms with E-state index < -0.39 is 0 Å². The minimum atomic E-state index is 0.694. The third-order valence-corrected chi connectivity index (χ3v) is 10.3. The Balaban J connectivity index is 1.18. The Hall–Kier alpha value is -7.37. The van der Waals surface area contributed by atoms with E-state index in [4.69, 9.17) is 23.8 Å². The molecule has 0 saturated carbocycles. The fraction of sp³-hybridized carbons (Fsp3) is 0. The molecule has 5 nitrogen and oxygen atoms in total. The lowest BCUT2D eigenvalue weighted by atomic mass is 9.93. The number of aromatic nitrogens is 3. The molecule has 0 unspecified atom stereocenters. The highest BCUT2D eigenvalue weighted by Crippen LogP contribution is 2.49. The molecule has 0 amide bonds. The number of rotatable bonds is 5. The summed E-state index contributed by atoms with van der Waals surface area (Å²) in [6.07, 6.45) is 0. The van der Waals surface area contributed by atoms with Gasteiger partial charge in [-0.3, -0.25) is 0 Å². The number of benzene rings is 7.